The van der Waals surface area contributed by atoms with Crippen LogP contribution in [-0.2, 0) is 14.8 Å². The fourth-order valence-electron chi connectivity index (χ4n) is 2.54. The van der Waals surface area contributed by atoms with Crippen molar-refractivity contribution >= 4 is 16.0 Å². The Morgan fingerprint density at radius 3 is 2.55 bits per heavy atom. The minimum Gasteiger partial charge on any atom is -0.481 e. The fraction of sp³-hybridized carbons (Fsp3) is 0.500. The number of aliphatic carboxylic acids is 1. The summed E-state index contributed by atoms with van der Waals surface area (Å²) in [5, 5.41) is 8.93. The van der Waals surface area contributed by atoms with Crippen molar-refractivity contribution in [1.82, 2.24) is 4.31 Å². The molecule has 1 saturated heterocycles. The minimum absolute atomic E-state index is 0.134. The van der Waals surface area contributed by atoms with Crippen molar-refractivity contribution in [2.75, 3.05) is 6.54 Å². The average Bonchev–Trinajstić information content (AvgIpc) is 2.39. The monoisotopic (exact) mass is 297 g/mol. The summed E-state index contributed by atoms with van der Waals surface area (Å²) in [6.45, 7) is 2.29. The van der Waals surface area contributed by atoms with Gasteiger partial charge in [-0.2, -0.15) is 4.31 Å². The summed E-state index contributed by atoms with van der Waals surface area (Å²) in [7, 11) is -3.60. The Morgan fingerprint density at radius 2 is 1.95 bits per heavy atom. The third-order valence-electron chi connectivity index (χ3n) is 3.61. The van der Waals surface area contributed by atoms with E-state index in [1.165, 1.54) is 4.31 Å². The molecule has 0 radical (unpaired) electrons. The molecular formula is C14H19NO4S. The smallest absolute Gasteiger partial charge is 0.304 e. The molecule has 1 aromatic rings. The second-order valence-electron chi connectivity index (χ2n) is 5.18. The number of rotatable bonds is 4. The van der Waals surface area contributed by atoms with Crippen LogP contribution in [-0.4, -0.2) is 36.4 Å². The highest BCUT2D eigenvalue weighted by Crippen LogP contribution is 2.27. The fourth-order valence-corrected chi connectivity index (χ4v) is 4.23. The first kappa shape index (κ1) is 15.0. The molecule has 1 aliphatic heterocycles. The van der Waals surface area contributed by atoms with Crippen LogP contribution in [0.2, 0.25) is 0 Å². The normalized spacial score (nSPS) is 20.8. The van der Waals surface area contributed by atoms with Crippen LogP contribution in [0, 0.1) is 6.92 Å². The third kappa shape index (κ3) is 3.19. The van der Waals surface area contributed by atoms with Gasteiger partial charge in [0, 0.05) is 12.6 Å². The topological polar surface area (TPSA) is 74.7 Å². The van der Waals surface area contributed by atoms with Crippen molar-refractivity contribution in [1.29, 1.82) is 0 Å². The van der Waals surface area contributed by atoms with Crippen LogP contribution >= 0.6 is 0 Å². The van der Waals surface area contributed by atoms with Gasteiger partial charge in [-0.15, -0.1) is 0 Å². The Kier molecular flexibility index (Phi) is 4.45. The van der Waals surface area contributed by atoms with Crippen LogP contribution in [0.5, 0.6) is 0 Å². The first-order chi connectivity index (χ1) is 9.41. The SMILES string of the molecule is Cc1ccc(S(=O)(=O)N2CCCCC2CC(=O)O)cc1. The van der Waals surface area contributed by atoms with E-state index in [0.29, 0.717) is 13.0 Å². The molecule has 1 N–H and O–H groups in total. The molecule has 0 aromatic heterocycles. The van der Waals surface area contributed by atoms with Gasteiger partial charge in [-0.25, -0.2) is 8.42 Å². The predicted octanol–water partition coefficient (Wildman–Crippen LogP) is 2.01. The molecule has 1 heterocycles. The van der Waals surface area contributed by atoms with Gasteiger partial charge in [0.05, 0.1) is 11.3 Å². The maximum Gasteiger partial charge on any atom is 0.304 e. The molecule has 5 nitrogen and oxygen atoms in total. The Labute approximate surface area is 119 Å². The zero-order chi connectivity index (χ0) is 14.8. The van der Waals surface area contributed by atoms with Gasteiger partial charge < -0.3 is 5.11 Å². The third-order valence-corrected chi connectivity index (χ3v) is 5.58. The number of aryl methyl sites for hydroxylation is 1. The number of carbonyl (C=O) groups is 1. The summed E-state index contributed by atoms with van der Waals surface area (Å²) in [5.41, 5.74) is 0.990. The van der Waals surface area contributed by atoms with Crippen molar-refractivity contribution in [3.8, 4) is 0 Å². The van der Waals surface area contributed by atoms with E-state index >= 15 is 0 Å². The number of nitrogens with zero attached hydrogens (tertiary/aromatic N) is 1. The summed E-state index contributed by atoms with van der Waals surface area (Å²) in [6, 6.07) is 6.23. The van der Waals surface area contributed by atoms with Crippen LogP contribution in [0.15, 0.2) is 29.2 Å². The van der Waals surface area contributed by atoms with E-state index < -0.39 is 22.0 Å². The van der Waals surface area contributed by atoms with Crippen molar-refractivity contribution in [2.45, 2.75) is 43.5 Å². The maximum absolute atomic E-state index is 12.6. The van der Waals surface area contributed by atoms with Crippen LogP contribution in [0.1, 0.15) is 31.2 Å². The highest BCUT2D eigenvalue weighted by Gasteiger charge is 2.34. The lowest BCUT2D eigenvalue weighted by molar-refractivity contribution is -0.138. The van der Waals surface area contributed by atoms with E-state index in [2.05, 4.69) is 0 Å². The van der Waals surface area contributed by atoms with Gasteiger partial charge in [-0.05, 0) is 31.9 Å². The van der Waals surface area contributed by atoms with E-state index in [-0.39, 0.29) is 11.3 Å². The van der Waals surface area contributed by atoms with Crippen molar-refractivity contribution in [3.63, 3.8) is 0 Å². The van der Waals surface area contributed by atoms with Gasteiger partial charge in [-0.3, -0.25) is 4.79 Å². The predicted molar refractivity (Wildman–Crippen MR) is 75.0 cm³/mol. The van der Waals surface area contributed by atoms with Crippen LogP contribution in [0.3, 0.4) is 0 Å². The molecule has 2 rings (SSSR count). The molecular weight excluding hydrogens is 278 g/mol. The first-order valence-corrected chi connectivity index (χ1v) is 8.15. The lowest BCUT2D eigenvalue weighted by Gasteiger charge is -2.33. The van der Waals surface area contributed by atoms with E-state index in [1.54, 1.807) is 24.3 Å². The van der Waals surface area contributed by atoms with E-state index in [4.69, 9.17) is 5.11 Å². The van der Waals surface area contributed by atoms with Gasteiger partial charge in [0.15, 0.2) is 0 Å². The molecule has 0 amide bonds. The number of carboxylic acids is 1. The van der Waals surface area contributed by atoms with E-state index in [1.807, 2.05) is 6.92 Å². The lowest BCUT2D eigenvalue weighted by Crippen LogP contribution is -2.44. The van der Waals surface area contributed by atoms with Gasteiger partial charge in [-0.1, -0.05) is 24.1 Å². The number of hydrogen-bond donors (Lipinski definition) is 1. The molecule has 1 aliphatic rings. The zero-order valence-corrected chi connectivity index (χ0v) is 12.3. The van der Waals surface area contributed by atoms with Gasteiger partial charge in [0.2, 0.25) is 10.0 Å². The molecule has 0 saturated carbocycles. The number of benzene rings is 1. The Balaban J connectivity index is 2.30. The average molecular weight is 297 g/mol. The summed E-state index contributed by atoms with van der Waals surface area (Å²) < 4.78 is 26.6. The van der Waals surface area contributed by atoms with E-state index in [0.717, 1.165) is 18.4 Å². The molecule has 110 valence electrons. The largest absolute Gasteiger partial charge is 0.481 e. The summed E-state index contributed by atoms with van der Waals surface area (Å²) in [5.74, 6) is -0.957. The maximum atomic E-state index is 12.6. The van der Waals surface area contributed by atoms with Crippen LogP contribution in [0.4, 0.5) is 0 Å². The Bertz CT molecular complexity index is 580. The van der Waals surface area contributed by atoms with Crippen molar-refractivity contribution in [3.05, 3.63) is 29.8 Å². The molecule has 20 heavy (non-hydrogen) atoms. The first-order valence-electron chi connectivity index (χ1n) is 6.71. The molecule has 0 bridgehead atoms. The quantitative estimate of drug-likeness (QED) is 0.922. The summed E-state index contributed by atoms with van der Waals surface area (Å²) in [4.78, 5) is 11.1. The van der Waals surface area contributed by atoms with Crippen molar-refractivity contribution < 1.29 is 18.3 Å². The van der Waals surface area contributed by atoms with E-state index in [9.17, 15) is 13.2 Å². The standard InChI is InChI=1S/C14H19NO4S/c1-11-5-7-13(8-6-11)20(18,19)15-9-3-2-4-12(15)10-14(16)17/h5-8,12H,2-4,9-10H2,1H3,(H,16,17). The highest BCUT2D eigenvalue weighted by atomic mass is 32.2. The number of piperidine rings is 1. The molecule has 1 unspecified atom stereocenters. The van der Waals surface area contributed by atoms with Crippen molar-refractivity contribution in [2.24, 2.45) is 0 Å². The zero-order valence-electron chi connectivity index (χ0n) is 11.4. The molecule has 6 heteroatoms. The Morgan fingerprint density at radius 1 is 1.30 bits per heavy atom. The lowest BCUT2D eigenvalue weighted by atomic mass is 10.0. The minimum atomic E-state index is -3.60. The highest BCUT2D eigenvalue weighted by molar-refractivity contribution is 7.89. The summed E-state index contributed by atoms with van der Waals surface area (Å²) >= 11 is 0. The summed E-state index contributed by atoms with van der Waals surface area (Å²) in [6.07, 6.45) is 2.13. The number of hydrogen-bond acceptors (Lipinski definition) is 3. The Hall–Kier alpha value is -1.40. The molecule has 1 fully saturated rings. The second kappa shape index (κ2) is 5.93. The van der Waals surface area contributed by atoms with Crippen LogP contribution in [0.25, 0.3) is 0 Å². The van der Waals surface area contributed by atoms with Gasteiger partial charge in [0.1, 0.15) is 0 Å². The van der Waals surface area contributed by atoms with Gasteiger partial charge >= 0.3 is 5.97 Å². The van der Waals surface area contributed by atoms with Crippen LogP contribution < -0.4 is 0 Å². The number of carboxylic acid groups (broad SMARTS) is 1. The molecule has 1 atom stereocenters. The molecule has 0 aliphatic carbocycles. The molecule has 0 spiro atoms. The second-order valence-corrected chi connectivity index (χ2v) is 7.07. The van der Waals surface area contributed by atoms with Gasteiger partial charge in [0.25, 0.3) is 0 Å². The molecule has 1 aromatic carbocycles. The number of sulfonamides is 1.